The molecule has 1 atom stereocenters. The molecule has 0 aliphatic rings. The molecule has 3 aromatic rings. The lowest BCUT2D eigenvalue weighted by Gasteiger charge is -2.18. The number of nitrogens with zero attached hydrogens (tertiary/aromatic N) is 1. The van der Waals surface area contributed by atoms with Gasteiger partial charge in [0.2, 0.25) is 0 Å². The molecule has 0 saturated carbocycles. The SMILES string of the molecule is CCCC(NC(=O)COC(=O)c1ccc2cn[nH]c2c1)c1ccccc1. The number of aromatic nitrogens is 2. The van der Waals surface area contributed by atoms with Gasteiger partial charge in [0, 0.05) is 5.39 Å². The molecule has 1 aromatic heterocycles. The van der Waals surface area contributed by atoms with E-state index in [0.29, 0.717) is 5.56 Å². The monoisotopic (exact) mass is 351 g/mol. The Bertz CT molecular complexity index is 889. The van der Waals surface area contributed by atoms with Crippen molar-refractivity contribution in [3.63, 3.8) is 0 Å². The van der Waals surface area contributed by atoms with Crippen LogP contribution in [0.15, 0.2) is 54.7 Å². The number of H-pyrrole nitrogens is 1. The van der Waals surface area contributed by atoms with Gasteiger partial charge in [0.15, 0.2) is 6.61 Å². The predicted molar refractivity (Wildman–Crippen MR) is 98.6 cm³/mol. The van der Waals surface area contributed by atoms with E-state index >= 15 is 0 Å². The van der Waals surface area contributed by atoms with Gasteiger partial charge in [-0.2, -0.15) is 5.10 Å². The van der Waals surface area contributed by atoms with Crippen molar-refractivity contribution in [1.82, 2.24) is 15.5 Å². The van der Waals surface area contributed by atoms with Gasteiger partial charge < -0.3 is 10.1 Å². The highest BCUT2D eigenvalue weighted by Gasteiger charge is 2.16. The average molecular weight is 351 g/mol. The zero-order valence-corrected chi connectivity index (χ0v) is 14.6. The highest BCUT2D eigenvalue weighted by atomic mass is 16.5. The number of carbonyl (C=O) groups is 2. The number of aromatic amines is 1. The Hall–Kier alpha value is -3.15. The van der Waals surface area contributed by atoms with Gasteiger partial charge in [0.25, 0.3) is 5.91 Å². The fourth-order valence-corrected chi connectivity index (χ4v) is 2.81. The molecular weight excluding hydrogens is 330 g/mol. The Morgan fingerprint density at radius 2 is 2.00 bits per heavy atom. The van der Waals surface area contributed by atoms with Crippen molar-refractivity contribution in [2.45, 2.75) is 25.8 Å². The minimum absolute atomic E-state index is 0.0891. The summed E-state index contributed by atoms with van der Waals surface area (Å²) in [6.45, 7) is 1.75. The molecule has 134 valence electrons. The number of nitrogens with one attached hydrogen (secondary N) is 2. The summed E-state index contributed by atoms with van der Waals surface area (Å²) in [4.78, 5) is 24.4. The third kappa shape index (κ3) is 4.27. The standard InChI is InChI=1S/C20H21N3O3/c1-2-6-17(14-7-4-3-5-8-14)22-19(24)13-26-20(25)15-9-10-16-12-21-23-18(16)11-15/h3-5,7-12,17H,2,6,13H2,1H3,(H,21,23)(H,22,24). The van der Waals surface area contributed by atoms with Crippen LogP contribution < -0.4 is 5.32 Å². The van der Waals surface area contributed by atoms with Gasteiger partial charge in [-0.05, 0) is 24.1 Å². The predicted octanol–water partition coefficient (Wildman–Crippen LogP) is 3.38. The molecule has 26 heavy (non-hydrogen) atoms. The van der Waals surface area contributed by atoms with Crippen LogP contribution in [0.5, 0.6) is 0 Å². The average Bonchev–Trinajstić information content (AvgIpc) is 3.14. The number of hydrogen-bond donors (Lipinski definition) is 2. The Labute approximate surface area is 151 Å². The van der Waals surface area contributed by atoms with E-state index in [-0.39, 0.29) is 18.6 Å². The van der Waals surface area contributed by atoms with Crippen LogP contribution in [-0.4, -0.2) is 28.7 Å². The van der Waals surface area contributed by atoms with Crippen LogP contribution in [0.2, 0.25) is 0 Å². The van der Waals surface area contributed by atoms with Crippen LogP contribution in [-0.2, 0) is 9.53 Å². The van der Waals surface area contributed by atoms with Gasteiger partial charge >= 0.3 is 5.97 Å². The molecule has 0 fully saturated rings. The highest BCUT2D eigenvalue weighted by Crippen LogP contribution is 2.18. The first kappa shape index (κ1) is 17.7. The summed E-state index contributed by atoms with van der Waals surface area (Å²) in [5.41, 5.74) is 2.16. The first-order chi connectivity index (χ1) is 12.7. The Morgan fingerprint density at radius 1 is 1.19 bits per heavy atom. The number of esters is 1. The van der Waals surface area contributed by atoms with Gasteiger partial charge in [-0.1, -0.05) is 49.7 Å². The molecule has 0 spiro atoms. The van der Waals surface area contributed by atoms with E-state index in [1.54, 1.807) is 24.4 Å². The summed E-state index contributed by atoms with van der Waals surface area (Å²) < 4.78 is 5.14. The molecule has 1 unspecified atom stereocenters. The molecule has 0 aliphatic heterocycles. The second-order valence-corrected chi connectivity index (χ2v) is 6.07. The zero-order chi connectivity index (χ0) is 18.4. The first-order valence-corrected chi connectivity index (χ1v) is 8.62. The maximum Gasteiger partial charge on any atom is 0.338 e. The lowest BCUT2D eigenvalue weighted by atomic mass is 10.0. The largest absolute Gasteiger partial charge is 0.452 e. The van der Waals surface area contributed by atoms with Gasteiger partial charge in [-0.25, -0.2) is 4.79 Å². The van der Waals surface area contributed by atoms with E-state index in [4.69, 9.17) is 4.74 Å². The maximum atomic E-state index is 12.2. The quantitative estimate of drug-likeness (QED) is 0.639. The second-order valence-electron chi connectivity index (χ2n) is 6.07. The summed E-state index contributed by atoms with van der Waals surface area (Å²) in [7, 11) is 0. The molecule has 0 bridgehead atoms. The fourth-order valence-electron chi connectivity index (χ4n) is 2.81. The lowest BCUT2D eigenvalue weighted by Crippen LogP contribution is -2.32. The minimum atomic E-state index is -0.539. The van der Waals surface area contributed by atoms with Crippen LogP contribution in [0, 0.1) is 0 Å². The van der Waals surface area contributed by atoms with Crippen molar-refractivity contribution < 1.29 is 14.3 Å². The molecule has 0 radical (unpaired) electrons. The normalized spacial score (nSPS) is 11.9. The molecular formula is C20H21N3O3. The van der Waals surface area contributed by atoms with Gasteiger partial charge in [0.1, 0.15) is 0 Å². The van der Waals surface area contributed by atoms with Crippen LogP contribution in [0.1, 0.15) is 41.7 Å². The molecule has 0 aliphatic carbocycles. The van der Waals surface area contributed by atoms with Gasteiger partial charge in [-0.15, -0.1) is 0 Å². The number of carbonyl (C=O) groups excluding carboxylic acids is 2. The zero-order valence-electron chi connectivity index (χ0n) is 14.6. The van der Waals surface area contributed by atoms with Crippen LogP contribution in [0.25, 0.3) is 10.9 Å². The van der Waals surface area contributed by atoms with Crippen molar-refractivity contribution in [2.75, 3.05) is 6.61 Å². The molecule has 1 heterocycles. The van der Waals surface area contributed by atoms with Crippen molar-refractivity contribution in [2.24, 2.45) is 0 Å². The van der Waals surface area contributed by atoms with Crippen LogP contribution in [0.3, 0.4) is 0 Å². The fraction of sp³-hybridized carbons (Fsp3) is 0.250. The summed E-state index contributed by atoms with van der Waals surface area (Å²) in [6, 6.07) is 14.8. The van der Waals surface area contributed by atoms with E-state index < -0.39 is 5.97 Å². The molecule has 2 N–H and O–H groups in total. The Balaban J connectivity index is 1.57. The molecule has 3 rings (SSSR count). The van der Waals surface area contributed by atoms with E-state index in [0.717, 1.165) is 29.3 Å². The summed E-state index contributed by atoms with van der Waals surface area (Å²) in [5.74, 6) is -0.855. The van der Waals surface area contributed by atoms with E-state index in [9.17, 15) is 9.59 Å². The molecule has 2 aromatic carbocycles. The smallest absolute Gasteiger partial charge is 0.338 e. The van der Waals surface area contributed by atoms with Crippen molar-refractivity contribution in [1.29, 1.82) is 0 Å². The third-order valence-electron chi connectivity index (χ3n) is 4.13. The van der Waals surface area contributed by atoms with Crippen LogP contribution in [0.4, 0.5) is 0 Å². The van der Waals surface area contributed by atoms with E-state index in [2.05, 4.69) is 22.4 Å². The number of benzene rings is 2. The van der Waals surface area contributed by atoms with Gasteiger partial charge in [0.05, 0.1) is 23.3 Å². The minimum Gasteiger partial charge on any atom is -0.452 e. The summed E-state index contributed by atoms with van der Waals surface area (Å²) in [6.07, 6.45) is 3.43. The van der Waals surface area contributed by atoms with E-state index in [1.165, 1.54) is 0 Å². The number of fused-ring (bicyclic) bond motifs is 1. The molecule has 1 amide bonds. The van der Waals surface area contributed by atoms with Gasteiger partial charge in [-0.3, -0.25) is 9.89 Å². The molecule has 0 saturated heterocycles. The number of ether oxygens (including phenoxy) is 1. The first-order valence-electron chi connectivity index (χ1n) is 8.62. The Kier molecular flexibility index (Phi) is 5.63. The number of hydrogen-bond acceptors (Lipinski definition) is 4. The van der Waals surface area contributed by atoms with Crippen molar-refractivity contribution in [3.05, 3.63) is 65.9 Å². The Morgan fingerprint density at radius 3 is 2.77 bits per heavy atom. The lowest BCUT2D eigenvalue weighted by molar-refractivity contribution is -0.125. The molecule has 6 nitrogen and oxygen atoms in total. The van der Waals surface area contributed by atoms with Crippen molar-refractivity contribution in [3.8, 4) is 0 Å². The van der Waals surface area contributed by atoms with Crippen molar-refractivity contribution >= 4 is 22.8 Å². The van der Waals surface area contributed by atoms with Crippen LogP contribution >= 0.6 is 0 Å². The second kappa shape index (κ2) is 8.29. The summed E-state index contributed by atoms with van der Waals surface area (Å²) in [5, 5.41) is 10.6. The topological polar surface area (TPSA) is 84.1 Å². The molecule has 6 heteroatoms. The van der Waals surface area contributed by atoms with E-state index in [1.807, 2.05) is 30.3 Å². The summed E-state index contributed by atoms with van der Waals surface area (Å²) >= 11 is 0. The highest BCUT2D eigenvalue weighted by molar-refractivity contribution is 5.95. The third-order valence-corrected chi connectivity index (χ3v) is 4.13. The number of rotatable bonds is 7. The number of amides is 1. The maximum absolute atomic E-state index is 12.2.